The summed E-state index contributed by atoms with van der Waals surface area (Å²) in [6, 6.07) is 21.9. The van der Waals surface area contributed by atoms with E-state index in [1.54, 1.807) is 42.5 Å². The van der Waals surface area contributed by atoms with Crippen molar-refractivity contribution in [2.75, 3.05) is 12.4 Å². The summed E-state index contributed by atoms with van der Waals surface area (Å²) in [6.45, 7) is 0.464. The molecule has 0 fully saturated rings. The van der Waals surface area contributed by atoms with E-state index in [2.05, 4.69) is 10.3 Å². The second-order valence-electron chi connectivity index (χ2n) is 6.45. The van der Waals surface area contributed by atoms with Crippen molar-refractivity contribution in [1.82, 2.24) is 4.98 Å². The van der Waals surface area contributed by atoms with Gasteiger partial charge in [0.2, 0.25) is 0 Å². The molecule has 1 amide bonds. The van der Waals surface area contributed by atoms with Crippen LogP contribution in [0, 0.1) is 0 Å². The van der Waals surface area contributed by atoms with Gasteiger partial charge in [-0.25, -0.2) is 9.78 Å². The summed E-state index contributed by atoms with van der Waals surface area (Å²) in [5.74, 6) is 0.00745. The number of ether oxygens (including phenoxy) is 2. The molecular weight excluding hydrogens is 400 g/mol. The topological polar surface area (TPSA) is 77.5 Å². The van der Waals surface area contributed by atoms with Crippen LogP contribution in [0.3, 0.4) is 0 Å². The molecule has 0 radical (unpaired) electrons. The largest absolute Gasteiger partial charge is 0.489 e. The average Bonchev–Trinajstić information content (AvgIpc) is 3.19. The molecule has 6 nitrogen and oxygen atoms in total. The summed E-state index contributed by atoms with van der Waals surface area (Å²) in [6.07, 6.45) is 0. The first-order valence-electron chi connectivity index (χ1n) is 9.19. The maximum atomic E-state index is 12.5. The number of thiazole rings is 1. The van der Waals surface area contributed by atoms with Crippen molar-refractivity contribution < 1.29 is 19.1 Å². The van der Waals surface area contributed by atoms with Gasteiger partial charge in [-0.15, -0.1) is 0 Å². The van der Waals surface area contributed by atoms with Crippen LogP contribution >= 0.6 is 11.3 Å². The zero-order valence-electron chi connectivity index (χ0n) is 16.1. The summed E-state index contributed by atoms with van der Waals surface area (Å²) in [5.41, 5.74) is 2.72. The Kier molecular flexibility index (Phi) is 5.72. The third kappa shape index (κ3) is 4.47. The Hall–Kier alpha value is -3.71. The van der Waals surface area contributed by atoms with E-state index in [1.165, 1.54) is 18.4 Å². The summed E-state index contributed by atoms with van der Waals surface area (Å²) in [7, 11) is 1.34. The summed E-state index contributed by atoms with van der Waals surface area (Å²) in [5, 5.41) is 3.26. The van der Waals surface area contributed by atoms with Crippen LogP contribution in [0.4, 0.5) is 5.13 Å². The number of hydrogen-bond donors (Lipinski definition) is 1. The average molecular weight is 418 g/mol. The number of esters is 1. The Labute approximate surface area is 177 Å². The van der Waals surface area contributed by atoms with Crippen LogP contribution in [0.2, 0.25) is 0 Å². The molecule has 0 saturated carbocycles. The molecule has 4 rings (SSSR count). The number of rotatable bonds is 6. The van der Waals surface area contributed by atoms with Crippen molar-refractivity contribution in [2.24, 2.45) is 0 Å². The lowest BCUT2D eigenvalue weighted by Gasteiger charge is -2.07. The zero-order chi connectivity index (χ0) is 20.9. The van der Waals surface area contributed by atoms with Crippen LogP contribution in [0.25, 0.3) is 10.2 Å². The number of carbonyl (C=O) groups is 2. The highest BCUT2D eigenvalue weighted by Crippen LogP contribution is 2.27. The molecular formula is C23H18N2O4S. The molecule has 0 spiro atoms. The van der Waals surface area contributed by atoms with Crippen LogP contribution in [-0.2, 0) is 11.3 Å². The molecule has 0 atom stereocenters. The summed E-state index contributed by atoms with van der Waals surface area (Å²) >= 11 is 1.30. The van der Waals surface area contributed by atoms with E-state index >= 15 is 0 Å². The molecule has 0 unspecified atom stereocenters. The number of anilines is 1. The van der Waals surface area contributed by atoms with Gasteiger partial charge in [0.1, 0.15) is 12.4 Å². The Morgan fingerprint density at radius 1 is 0.967 bits per heavy atom. The third-order valence-corrected chi connectivity index (χ3v) is 5.33. The number of methoxy groups -OCH3 is 1. The van der Waals surface area contributed by atoms with Crippen LogP contribution < -0.4 is 10.1 Å². The molecule has 0 aliphatic heterocycles. The highest BCUT2D eigenvalue weighted by Gasteiger charge is 2.12. The number of nitrogens with zero attached hydrogens (tertiary/aromatic N) is 1. The first kappa shape index (κ1) is 19.6. The van der Waals surface area contributed by atoms with Crippen molar-refractivity contribution >= 4 is 38.6 Å². The molecule has 1 aromatic heterocycles. The molecule has 4 aromatic rings. The maximum absolute atomic E-state index is 12.5. The SMILES string of the molecule is COC(=O)c1ccc2nc(NC(=O)c3ccc(OCc4ccccc4)cc3)sc2c1. The van der Waals surface area contributed by atoms with Crippen molar-refractivity contribution in [3.63, 3.8) is 0 Å². The molecule has 0 bridgehead atoms. The number of benzene rings is 3. The van der Waals surface area contributed by atoms with Crippen LogP contribution in [0.5, 0.6) is 5.75 Å². The molecule has 30 heavy (non-hydrogen) atoms. The number of carbonyl (C=O) groups excluding carboxylic acids is 2. The fourth-order valence-electron chi connectivity index (χ4n) is 2.84. The van der Waals surface area contributed by atoms with Gasteiger partial charge in [0, 0.05) is 5.56 Å². The van der Waals surface area contributed by atoms with E-state index in [4.69, 9.17) is 9.47 Å². The fraction of sp³-hybridized carbons (Fsp3) is 0.0870. The summed E-state index contributed by atoms with van der Waals surface area (Å²) < 4.78 is 11.3. The number of fused-ring (bicyclic) bond motifs is 1. The lowest BCUT2D eigenvalue weighted by Crippen LogP contribution is -2.11. The van der Waals surface area contributed by atoms with Gasteiger partial charge in [0.25, 0.3) is 5.91 Å². The first-order chi connectivity index (χ1) is 14.6. The number of hydrogen-bond acceptors (Lipinski definition) is 6. The van der Waals surface area contributed by atoms with E-state index in [0.29, 0.717) is 34.1 Å². The van der Waals surface area contributed by atoms with Gasteiger partial charge in [-0.1, -0.05) is 41.7 Å². The molecule has 7 heteroatoms. The van der Waals surface area contributed by atoms with E-state index < -0.39 is 5.97 Å². The minimum atomic E-state index is -0.412. The first-order valence-corrected chi connectivity index (χ1v) is 10.0. The van der Waals surface area contributed by atoms with E-state index in [9.17, 15) is 9.59 Å². The molecule has 3 aromatic carbocycles. The molecule has 0 aliphatic carbocycles. The fourth-order valence-corrected chi connectivity index (χ4v) is 3.74. The van der Waals surface area contributed by atoms with Crippen molar-refractivity contribution in [2.45, 2.75) is 6.61 Å². The molecule has 150 valence electrons. The van der Waals surface area contributed by atoms with E-state index in [0.717, 1.165) is 10.3 Å². The van der Waals surface area contributed by atoms with Crippen LogP contribution in [0.15, 0.2) is 72.8 Å². The lowest BCUT2D eigenvalue weighted by molar-refractivity contribution is 0.0601. The Bertz CT molecular complexity index is 1190. The van der Waals surface area contributed by atoms with Gasteiger partial charge in [0.05, 0.1) is 22.9 Å². The quantitative estimate of drug-likeness (QED) is 0.450. The molecule has 1 heterocycles. The molecule has 0 aliphatic rings. The highest BCUT2D eigenvalue weighted by molar-refractivity contribution is 7.22. The predicted octanol–water partition coefficient (Wildman–Crippen LogP) is 4.91. The van der Waals surface area contributed by atoms with Gasteiger partial charge in [0.15, 0.2) is 5.13 Å². The zero-order valence-corrected chi connectivity index (χ0v) is 16.9. The minimum absolute atomic E-state index is 0.267. The van der Waals surface area contributed by atoms with Crippen molar-refractivity contribution in [1.29, 1.82) is 0 Å². The number of amides is 1. The van der Waals surface area contributed by atoms with Crippen molar-refractivity contribution in [3.05, 3.63) is 89.5 Å². The van der Waals surface area contributed by atoms with Crippen LogP contribution in [-0.4, -0.2) is 24.0 Å². The summed E-state index contributed by atoms with van der Waals surface area (Å²) in [4.78, 5) is 28.6. The molecule has 1 N–H and O–H groups in total. The Morgan fingerprint density at radius 2 is 1.70 bits per heavy atom. The Balaban J connectivity index is 1.41. The predicted molar refractivity (Wildman–Crippen MR) is 116 cm³/mol. The minimum Gasteiger partial charge on any atom is -0.489 e. The van der Waals surface area contributed by atoms with E-state index in [1.807, 2.05) is 30.3 Å². The maximum Gasteiger partial charge on any atom is 0.337 e. The monoisotopic (exact) mass is 418 g/mol. The Morgan fingerprint density at radius 3 is 2.43 bits per heavy atom. The second-order valence-corrected chi connectivity index (χ2v) is 7.48. The van der Waals surface area contributed by atoms with Gasteiger partial charge in [-0.05, 0) is 48.0 Å². The highest BCUT2D eigenvalue weighted by atomic mass is 32.1. The standard InChI is InChI=1S/C23H18N2O4S/c1-28-22(27)17-9-12-19-20(13-17)30-23(24-19)25-21(26)16-7-10-18(11-8-16)29-14-15-5-3-2-4-6-15/h2-13H,14H2,1H3,(H,24,25,26). The third-order valence-electron chi connectivity index (χ3n) is 4.39. The smallest absolute Gasteiger partial charge is 0.337 e. The van der Waals surface area contributed by atoms with Gasteiger partial charge in [-0.2, -0.15) is 0 Å². The van der Waals surface area contributed by atoms with Crippen molar-refractivity contribution in [3.8, 4) is 5.75 Å². The van der Waals surface area contributed by atoms with Gasteiger partial charge in [-0.3, -0.25) is 10.1 Å². The normalized spacial score (nSPS) is 10.6. The van der Waals surface area contributed by atoms with Gasteiger partial charge < -0.3 is 9.47 Å². The number of aromatic nitrogens is 1. The van der Waals surface area contributed by atoms with Crippen LogP contribution in [0.1, 0.15) is 26.3 Å². The number of nitrogens with one attached hydrogen (secondary N) is 1. The lowest BCUT2D eigenvalue weighted by atomic mass is 10.2. The molecule has 0 saturated heterocycles. The second kappa shape index (κ2) is 8.75. The van der Waals surface area contributed by atoms with Gasteiger partial charge >= 0.3 is 5.97 Å². The van der Waals surface area contributed by atoms with E-state index in [-0.39, 0.29) is 5.91 Å².